The largest absolute Gasteiger partial charge is 0.497 e. The Morgan fingerprint density at radius 2 is 1.73 bits per heavy atom. The molecule has 0 spiro atoms. The molecule has 0 atom stereocenters. The zero-order valence-corrected chi connectivity index (χ0v) is 24.8. The number of sulfone groups is 1. The normalized spacial score (nSPS) is 17.1. The van der Waals surface area contributed by atoms with E-state index in [1.165, 1.54) is 26.4 Å². The summed E-state index contributed by atoms with van der Waals surface area (Å²) in [6, 6.07) is 3.36. The van der Waals surface area contributed by atoms with Gasteiger partial charge in [-0.15, -0.1) is 0 Å². The summed E-state index contributed by atoms with van der Waals surface area (Å²) in [7, 11) is -0.463. The van der Waals surface area contributed by atoms with Gasteiger partial charge in [0.05, 0.1) is 12.0 Å². The van der Waals surface area contributed by atoms with Crippen molar-refractivity contribution in [1.82, 2.24) is 24.8 Å². The second-order valence-corrected chi connectivity index (χ2v) is 12.8. The highest BCUT2D eigenvalue weighted by atomic mass is 32.2. The number of hydrogen-bond acceptors (Lipinski definition) is 9. The monoisotopic (exact) mass is 575 g/mol. The summed E-state index contributed by atoms with van der Waals surface area (Å²) >= 11 is 0. The van der Waals surface area contributed by atoms with Gasteiger partial charge in [-0.1, -0.05) is 11.6 Å². The first-order valence-corrected chi connectivity index (χ1v) is 15.7. The van der Waals surface area contributed by atoms with Crippen LogP contribution in [0, 0.1) is 13.8 Å². The fourth-order valence-electron chi connectivity index (χ4n) is 5.74. The van der Waals surface area contributed by atoms with Gasteiger partial charge in [-0.3, -0.25) is 9.59 Å². The van der Waals surface area contributed by atoms with Gasteiger partial charge < -0.3 is 24.0 Å². The summed E-state index contributed by atoms with van der Waals surface area (Å²) in [4.78, 5) is 36.0. The van der Waals surface area contributed by atoms with Gasteiger partial charge in [0.25, 0.3) is 0 Å². The molecule has 1 aromatic heterocycles. The maximum absolute atomic E-state index is 13.1. The van der Waals surface area contributed by atoms with E-state index in [-0.39, 0.29) is 40.9 Å². The third-order valence-corrected chi connectivity index (χ3v) is 9.87. The molecule has 220 valence electrons. The standard InChI is InChI=1S/C28H41N5O6S/c1-20-16-23(38-4)17-21(2)28(20)40(36,37)19-24-29-25(39-30-24)18-27(35)31(3)22-8-14-33(15-9-22)26(34)10-13-32-11-6-5-7-12-32/h16-17,22H,5-15,18-19H2,1-4H3. The van der Waals surface area contributed by atoms with Gasteiger partial charge in [-0.2, -0.15) is 4.98 Å². The van der Waals surface area contributed by atoms with E-state index in [4.69, 9.17) is 9.26 Å². The molecule has 1 aromatic carbocycles. The van der Waals surface area contributed by atoms with Crippen molar-refractivity contribution in [2.24, 2.45) is 0 Å². The minimum Gasteiger partial charge on any atom is -0.497 e. The Bertz CT molecular complexity index is 1270. The third kappa shape index (κ3) is 7.39. The van der Waals surface area contributed by atoms with Crippen molar-refractivity contribution in [2.75, 3.05) is 46.9 Å². The first kappa shape index (κ1) is 30.0. The Morgan fingerprint density at radius 1 is 1.07 bits per heavy atom. The van der Waals surface area contributed by atoms with Crippen molar-refractivity contribution >= 4 is 21.7 Å². The number of benzene rings is 1. The van der Waals surface area contributed by atoms with E-state index >= 15 is 0 Å². The quantitative estimate of drug-likeness (QED) is 0.420. The number of methoxy groups -OCH3 is 1. The lowest BCUT2D eigenvalue weighted by Gasteiger charge is -2.37. The second kappa shape index (κ2) is 13.1. The predicted octanol–water partition coefficient (Wildman–Crippen LogP) is 2.54. The first-order chi connectivity index (χ1) is 19.1. The summed E-state index contributed by atoms with van der Waals surface area (Å²) in [5, 5.41) is 3.82. The average molecular weight is 576 g/mol. The van der Waals surface area contributed by atoms with Crippen LogP contribution in [0.5, 0.6) is 5.75 Å². The maximum atomic E-state index is 13.1. The van der Waals surface area contributed by atoms with Crippen LogP contribution in [0.1, 0.15) is 61.4 Å². The van der Waals surface area contributed by atoms with E-state index in [1.807, 2.05) is 4.90 Å². The lowest BCUT2D eigenvalue weighted by atomic mass is 10.0. The molecule has 2 aromatic rings. The Labute approximate surface area is 236 Å². The number of likely N-dealkylation sites (tertiary alicyclic amines) is 2. The van der Waals surface area contributed by atoms with Crippen LogP contribution in [0.3, 0.4) is 0 Å². The Morgan fingerprint density at radius 3 is 2.35 bits per heavy atom. The van der Waals surface area contributed by atoms with Crippen molar-refractivity contribution in [3.63, 3.8) is 0 Å². The molecular formula is C28H41N5O6S. The molecule has 0 aliphatic carbocycles. The van der Waals surface area contributed by atoms with Crippen molar-refractivity contribution in [3.8, 4) is 5.75 Å². The number of carbonyl (C=O) groups is 2. The molecule has 2 saturated heterocycles. The van der Waals surface area contributed by atoms with Gasteiger partial charge in [-0.25, -0.2) is 8.42 Å². The smallest absolute Gasteiger partial charge is 0.236 e. The van der Waals surface area contributed by atoms with Crippen molar-refractivity contribution in [1.29, 1.82) is 0 Å². The summed E-state index contributed by atoms with van der Waals surface area (Å²) in [6.07, 6.45) is 5.58. The Hall–Kier alpha value is -2.99. The molecule has 2 amide bonds. The maximum Gasteiger partial charge on any atom is 0.236 e. The lowest BCUT2D eigenvalue weighted by Crippen LogP contribution is -2.48. The summed E-state index contributed by atoms with van der Waals surface area (Å²) < 4.78 is 36.7. The van der Waals surface area contributed by atoms with Crippen LogP contribution in [0.15, 0.2) is 21.6 Å². The van der Waals surface area contributed by atoms with E-state index < -0.39 is 15.6 Å². The van der Waals surface area contributed by atoms with Crippen molar-refractivity contribution in [3.05, 3.63) is 35.0 Å². The van der Waals surface area contributed by atoms with E-state index in [1.54, 1.807) is 37.9 Å². The minimum atomic E-state index is -3.74. The van der Waals surface area contributed by atoms with Gasteiger partial charge in [0, 0.05) is 39.1 Å². The molecule has 12 heteroatoms. The fourth-order valence-corrected chi connectivity index (χ4v) is 7.44. The van der Waals surface area contributed by atoms with Crippen LogP contribution in [-0.2, 0) is 31.6 Å². The number of ether oxygens (including phenoxy) is 1. The summed E-state index contributed by atoms with van der Waals surface area (Å²) in [5.41, 5.74) is 1.15. The summed E-state index contributed by atoms with van der Waals surface area (Å²) in [6.45, 7) is 7.69. The molecule has 3 heterocycles. The lowest BCUT2D eigenvalue weighted by molar-refractivity contribution is -0.135. The van der Waals surface area contributed by atoms with Crippen LogP contribution in [0.4, 0.5) is 0 Å². The van der Waals surface area contributed by atoms with Crippen molar-refractivity contribution in [2.45, 2.75) is 75.5 Å². The van der Waals surface area contributed by atoms with Crippen LogP contribution in [-0.4, -0.2) is 98.0 Å². The number of piperidine rings is 2. The molecule has 40 heavy (non-hydrogen) atoms. The number of likely N-dealkylation sites (N-methyl/N-ethyl adjacent to an activating group) is 1. The molecule has 0 radical (unpaired) electrons. The first-order valence-electron chi connectivity index (χ1n) is 14.0. The molecule has 0 unspecified atom stereocenters. The van der Waals surface area contributed by atoms with Gasteiger partial charge in [0.2, 0.25) is 17.7 Å². The fraction of sp³-hybridized carbons (Fsp3) is 0.643. The van der Waals surface area contributed by atoms with Gasteiger partial charge in [0.1, 0.15) is 17.9 Å². The van der Waals surface area contributed by atoms with Crippen LogP contribution in [0.25, 0.3) is 0 Å². The van der Waals surface area contributed by atoms with Gasteiger partial charge in [-0.05, 0) is 75.9 Å². The number of hydrogen-bond donors (Lipinski definition) is 0. The second-order valence-electron chi connectivity index (χ2n) is 10.9. The molecule has 4 rings (SSSR count). The topological polar surface area (TPSA) is 126 Å². The zero-order chi connectivity index (χ0) is 28.9. The number of carbonyl (C=O) groups excluding carboxylic acids is 2. The number of aryl methyl sites for hydroxylation is 2. The van der Waals surface area contributed by atoms with Gasteiger partial charge in [0.15, 0.2) is 15.7 Å². The summed E-state index contributed by atoms with van der Waals surface area (Å²) in [5.74, 6) is 0.246. The molecule has 0 bridgehead atoms. The van der Waals surface area contributed by atoms with Crippen LogP contribution in [0.2, 0.25) is 0 Å². The minimum absolute atomic E-state index is 0.0106. The number of rotatable bonds is 10. The molecule has 2 fully saturated rings. The Kier molecular flexibility index (Phi) is 9.83. The molecule has 0 N–H and O–H groups in total. The van der Waals surface area contributed by atoms with Crippen molar-refractivity contribution < 1.29 is 27.3 Å². The molecule has 2 aliphatic heterocycles. The molecule has 0 saturated carbocycles. The third-order valence-electron chi connectivity index (χ3n) is 7.96. The Balaban J connectivity index is 1.26. The van der Waals surface area contributed by atoms with Crippen LogP contribution >= 0.6 is 0 Å². The molecule has 2 aliphatic rings. The van der Waals surface area contributed by atoms with E-state index in [9.17, 15) is 18.0 Å². The average Bonchev–Trinajstić information content (AvgIpc) is 3.36. The number of aromatic nitrogens is 2. The highest BCUT2D eigenvalue weighted by Gasteiger charge is 2.29. The van der Waals surface area contributed by atoms with Crippen LogP contribution < -0.4 is 4.74 Å². The highest BCUT2D eigenvalue weighted by molar-refractivity contribution is 7.90. The SMILES string of the molecule is COc1cc(C)c(S(=O)(=O)Cc2noc(CC(=O)N(C)C3CCN(C(=O)CCN4CCCCC4)CC3)n2)c(C)c1. The predicted molar refractivity (Wildman–Crippen MR) is 149 cm³/mol. The van der Waals surface area contributed by atoms with E-state index in [0.29, 0.717) is 49.2 Å². The molecular weight excluding hydrogens is 534 g/mol. The molecule has 11 nitrogen and oxygen atoms in total. The van der Waals surface area contributed by atoms with E-state index in [0.717, 1.165) is 19.6 Å². The number of amides is 2. The zero-order valence-electron chi connectivity index (χ0n) is 24.0. The highest BCUT2D eigenvalue weighted by Crippen LogP contribution is 2.28. The van der Waals surface area contributed by atoms with Gasteiger partial charge >= 0.3 is 0 Å². The van der Waals surface area contributed by atoms with E-state index in [2.05, 4.69) is 15.0 Å². The number of nitrogens with zero attached hydrogens (tertiary/aromatic N) is 5.